The van der Waals surface area contributed by atoms with Gasteiger partial charge in [-0.15, -0.1) is 0 Å². The van der Waals surface area contributed by atoms with Gasteiger partial charge in [-0.1, -0.05) is 31.2 Å². The Labute approximate surface area is 237 Å². The van der Waals surface area contributed by atoms with Crippen molar-refractivity contribution in [2.45, 2.75) is 56.7 Å². The van der Waals surface area contributed by atoms with E-state index in [9.17, 15) is 22.8 Å². The Balaban J connectivity index is 1.43. The number of ketones is 1. The Kier molecular flexibility index (Phi) is 10.6. The second-order valence-electron chi connectivity index (χ2n) is 10.1. The normalized spacial score (nSPS) is 17.8. The van der Waals surface area contributed by atoms with E-state index in [0.29, 0.717) is 54.7 Å². The fraction of sp³-hybridized carbons (Fsp3) is 0.387. The highest BCUT2D eigenvalue weighted by atomic mass is 19.1. The topological polar surface area (TPSA) is 104 Å². The Bertz CT molecular complexity index is 1270. The van der Waals surface area contributed by atoms with Crippen LogP contribution >= 0.6 is 0 Å². The average molecular weight is 570 g/mol. The summed E-state index contributed by atoms with van der Waals surface area (Å²) in [5.74, 6) is -2.70. The number of halogens is 3. The van der Waals surface area contributed by atoms with E-state index in [4.69, 9.17) is 15.2 Å². The van der Waals surface area contributed by atoms with Crippen LogP contribution in [0, 0.1) is 17.5 Å². The van der Waals surface area contributed by atoms with Gasteiger partial charge in [-0.25, -0.2) is 13.2 Å². The number of aromatic nitrogens is 1. The number of benzene rings is 2. The molecule has 0 radical (unpaired) electrons. The highest BCUT2D eigenvalue weighted by Crippen LogP contribution is 2.29. The lowest BCUT2D eigenvalue weighted by Crippen LogP contribution is -2.49. The molecule has 0 unspecified atom stereocenters. The van der Waals surface area contributed by atoms with Gasteiger partial charge >= 0.3 is 5.97 Å². The van der Waals surface area contributed by atoms with E-state index in [0.717, 1.165) is 6.20 Å². The average Bonchev–Trinajstić information content (AvgIpc) is 2.98. The molecule has 10 heteroatoms. The molecule has 7 nitrogen and oxygen atoms in total. The number of ether oxygens (including phenoxy) is 2. The van der Waals surface area contributed by atoms with E-state index in [1.807, 2.05) is 0 Å². The Morgan fingerprint density at radius 2 is 1.68 bits per heavy atom. The van der Waals surface area contributed by atoms with Crippen molar-refractivity contribution in [1.82, 2.24) is 10.3 Å². The Hall–Kier alpha value is -3.60. The number of esters is 1. The molecule has 1 fully saturated rings. The van der Waals surface area contributed by atoms with E-state index >= 15 is 0 Å². The van der Waals surface area contributed by atoms with Gasteiger partial charge in [-0.2, -0.15) is 0 Å². The van der Waals surface area contributed by atoms with Gasteiger partial charge in [-0.3, -0.25) is 14.6 Å². The molecule has 2 heterocycles. The molecule has 0 saturated carbocycles. The van der Waals surface area contributed by atoms with Crippen molar-refractivity contribution >= 4 is 11.8 Å². The summed E-state index contributed by atoms with van der Waals surface area (Å²) in [5, 5.41) is 3.29. The third kappa shape index (κ3) is 8.22. The van der Waals surface area contributed by atoms with Crippen LogP contribution in [0.4, 0.5) is 13.2 Å². The summed E-state index contributed by atoms with van der Waals surface area (Å²) in [7, 11) is 0. The Morgan fingerprint density at radius 3 is 2.24 bits per heavy atom. The zero-order valence-electron chi connectivity index (χ0n) is 22.8. The molecule has 1 saturated heterocycles. The van der Waals surface area contributed by atoms with Crippen LogP contribution in [-0.4, -0.2) is 54.7 Å². The summed E-state index contributed by atoms with van der Waals surface area (Å²) in [6.45, 7) is 2.82. The van der Waals surface area contributed by atoms with Crippen molar-refractivity contribution in [3.8, 4) is 0 Å². The maximum Gasteiger partial charge on any atom is 0.305 e. The van der Waals surface area contributed by atoms with Crippen LogP contribution in [0.15, 0.2) is 60.9 Å². The minimum Gasteiger partial charge on any atom is -0.464 e. The second kappa shape index (κ2) is 14.3. The fourth-order valence-electron chi connectivity index (χ4n) is 4.93. The number of carbonyl (C=O) groups excluding carboxylic acids is 2. The molecule has 1 aliphatic heterocycles. The molecule has 0 bridgehead atoms. The van der Waals surface area contributed by atoms with Crippen LogP contribution < -0.4 is 11.1 Å². The smallest absolute Gasteiger partial charge is 0.305 e. The third-order valence-corrected chi connectivity index (χ3v) is 7.27. The fourth-order valence-corrected chi connectivity index (χ4v) is 4.93. The maximum absolute atomic E-state index is 14.9. The predicted octanol–water partition coefficient (Wildman–Crippen LogP) is 4.01. The number of hydrogen-bond donors (Lipinski definition) is 2. The van der Waals surface area contributed by atoms with Crippen molar-refractivity contribution in [3.63, 3.8) is 0 Å². The van der Waals surface area contributed by atoms with Crippen LogP contribution in [0.2, 0.25) is 0 Å². The first-order valence-corrected chi connectivity index (χ1v) is 13.7. The monoisotopic (exact) mass is 569 g/mol. The molecule has 0 amide bonds. The zero-order valence-corrected chi connectivity index (χ0v) is 22.8. The summed E-state index contributed by atoms with van der Waals surface area (Å²) in [6, 6.07) is 10.1. The molecular weight excluding hydrogens is 535 g/mol. The van der Waals surface area contributed by atoms with Crippen molar-refractivity contribution in [2.24, 2.45) is 5.73 Å². The van der Waals surface area contributed by atoms with Crippen molar-refractivity contribution in [2.75, 3.05) is 19.8 Å². The summed E-state index contributed by atoms with van der Waals surface area (Å²) >= 11 is 0. The number of nitrogens with one attached hydrogen (secondary N) is 1. The first-order valence-electron chi connectivity index (χ1n) is 13.7. The van der Waals surface area contributed by atoms with Crippen LogP contribution in [0.3, 0.4) is 0 Å². The number of pyridine rings is 1. The maximum atomic E-state index is 14.9. The van der Waals surface area contributed by atoms with Crippen molar-refractivity contribution < 1.29 is 32.2 Å². The van der Waals surface area contributed by atoms with E-state index < -0.39 is 29.4 Å². The van der Waals surface area contributed by atoms with Crippen LogP contribution in [-0.2, 0) is 31.9 Å². The summed E-state index contributed by atoms with van der Waals surface area (Å²) < 4.78 is 53.2. The molecule has 41 heavy (non-hydrogen) atoms. The summed E-state index contributed by atoms with van der Waals surface area (Å²) in [6.07, 6.45) is 3.35. The molecule has 0 spiro atoms. The molecule has 3 atom stereocenters. The lowest BCUT2D eigenvalue weighted by molar-refractivity contribution is -0.145. The number of nitrogens with two attached hydrogens (primary N) is 1. The minimum atomic E-state index is -1.06. The quantitative estimate of drug-likeness (QED) is 0.318. The van der Waals surface area contributed by atoms with Gasteiger partial charge < -0.3 is 20.5 Å². The number of Topliss-reactive ketones (excluding diaryl/α,β-unsaturated/α-hetero) is 1. The van der Waals surface area contributed by atoms with Crippen LogP contribution in [0.25, 0.3) is 0 Å². The lowest BCUT2D eigenvalue weighted by Gasteiger charge is -2.30. The molecule has 1 aliphatic rings. The number of rotatable bonds is 12. The molecule has 1 aromatic heterocycles. The molecule has 0 aliphatic carbocycles. The van der Waals surface area contributed by atoms with Crippen molar-refractivity contribution in [3.05, 3.63) is 101 Å². The second-order valence-corrected chi connectivity index (χ2v) is 10.1. The van der Waals surface area contributed by atoms with E-state index in [1.165, 1.54) is 30.5 Å². The molecule has 4 rings (SSSR count). The molecule has 2 aromatic carbocycles. The standard InChI is InChI=1S/C31H34F3N3O4/c1-2-29(39)41-18-24-17-40-25(15-37-24)11-12-26-21(14-36-16-27(26)34)13-28(38)31(35)30(19-3-7-22(32)8-4-19)20-5-9-23(33)10-6-20/h3-10,14,16,24-25,30-31,37H,2,11-13,15,17-18,35H2,1H3/t24-,25+,31+/m0/s1. The number of carbonyl (C=O) groups is 2. The van der Waals surface area contributed by atoms with Gasteiger partial charge in [0.25, 0.3) is 0 Å². The Morgan fingerprint density at radius 1 is 1.05 bits per heavy atom. The SMILES string of the molecule is CCC(=O)OC[C@@H]1CO[C@H](CCc2c(F)cncc2CC(=O)[C@@H](N)C(c2ccc(F)cc2)c2ccc(F)cc2)CN1. The molecule has 3 N–H and O–H groups in total. The van der Waals surface area contributed by atoms with Gasteiger partial charge in [0.05, 0.1) is 31.0 Å². The van der Waals surface area contributed by atoms with Crippen molar-refractivity contribution in [1.29, 1.82) is 0 Å². The molecule has 3 aromatic rings. The van der Waals surface area contributed by atoms with Gasteiger partial charge in [0.1, 0.15) is 24.1 Å². The third-order valence-electron chi connectivity index (χ3n) is 7.27. The molecule has 218 valence electrons. The van der Waals surface area contributed by atoms with E-state index in [2.05, 4.69) is 10.3 Å². The predicted molar refractivity (Wildman–Crippen MR) is 147 cm³/mol. The van der Waals surface area contributed by atoms with Crippen LogP contribution in [0.1, 0.15) is 47.9 Å². The zero-order chi connectivity index (χ0) is 29.4. The number of morpholine rings is 1. The van der Waals surface area contributed by atoms with Gasteiger partial charge in [-0.05, 0) is 59.4 Å². The first kappa shape index (κ1) is 30.4. The highest BCUT2D eigenvalue weighted by Gasteiger charge is 2.29. The van der Waals surface area contributed by atoms with Gasteiger partial charge in [0.15, 0.2) is 5.78 Å². The largest absolute Gasteiger partial charge is 0.464 e. The summed E-state index contributed by atoms with van der Waals surface area (Å²) in [4.78, 5) is 28.8. The highest BCUT2D eigenvalue weighted by molar-refractivity contribution is 5.87. The van der Waals surface area contributed by atoms with E-state index in [-0.39, 0.29) is 36.9 Å². The number of nitrogens with zero attached hydrogens (tertiary/aromatic N) is 1. The lowest BCUT2D eigenvalue weighted by atomic mass is 9.82. The van der Waals surface area contributed by atoms with E-state index in [1.54, 1.807) is 31.2 Å². The van der Waals surface area contributed by atoms with Crippen LogP contribution in [0.5, 0.6) is 0 Å². The summed E-state index contributed by atoms with van der Waals surface area (Å²) in [5.41, 5.74) is 8.47. The minimum absolute atomic E-state index is 0.107. The van der Waals surface area contributed by atoms with Gasteiger partial charge in [0, 0.05) is 31.5 Å². The number of hydrogen-bond acceptors (Lipinski definition) is 7. The molecular formula is C31H34F3N3O4. The first-order chi connectivity index (χ1) is 19.7. The van der Waals surface area contributed by atoms with Gasteiger partial charge in [0.2, 0.25) is 0 Å².